The number of anilines is 1. The predicted octanol–water partition coefficient (Wildman–Crippen LogP) is -5.39. The molecule has 8 nitrogen and oxygen atoms in total. The van der Waals surface area contributed by atoms with Crippen LogP contribution in [0.3, 0.4) is 0 Å². The summed E-state index contributed by atoms with van der Waals surface area (Å²) in [6, 6.07) is 9.00. The zero-order valence-electron chi connectivity index (χ0n) is 12.3. The molecule has 0 radical (unpaired) electrons. The molecule has 0 aliphatic carbocycles. The zero-order chi connectivity index (χ0) is 15.7. The van der Waals surface area contributed by atoms with Gasteiger partial charge in [-0.15, -0.1) is 0 Å². The van der Waals surface area contributed by atoms with Gasteiger partial charge in [0.1, 0.15) is 0 Å². The van der Waals surface area contributed by atoms with Gasteiger partial charge in [-0.25, -0.2) is 4.98 Å². The van der Waals surface area contributed by atoms with Crippen LogP contribution in [-0.4, -0.2) is 20.3 Å². The van der Waals surface area contributed by atoms with E-state index < -0.39 is 20.7 Å². The molecule has 0 aliphatic rings. The van der Waals surface area contributed by atoms with E-state index in [1.807, 2.05) is 11.4 Å². The van der Waals surface area contributed by atoms with Gasteiger partial charge < -0.3 is 29.5 Å². The summed E-state index contributed by atoms with van der Waals surface area (Å²) in [4.78, 5) is 44.3. The van der Waals surface area contributed by atoms with Crippen molar-refractivity contribution in [2.75, 3.05) is 5.32 Å². The van der Waals surface area contributed by atoms with Crippen LogP contribution in [0.1, 0.15) is 0 Å². The summed E-state index contributed by atoms with van der Waals surface area (Å²) in [6.45, 7) is 0. The van der Waals surface area contributed by atoms with Gasteiger partial charge in [-0.2, -0.15) is 0 Å². The first-order valence-corrected chi connectivity index (χ1v) is 9.63. The SMILES string of the molecule is O=P([O-])([O-])C(Nc1ncc(-c2ccccc2)s1)P(=O)(O)O.[Na+].[Na+]. The molecule has 1 atom stereocenters. The van der Waals surface area contributed by atoms with E-state index in [2.05, 4.69) is 4.98 Å². The molecular weight excluding hydrogens is 384 g/mol. The van der Waals surface area contributed by atoms with Crippen LogP contribution >= 0.6 is 26.5 Å². The predicted molar refractivity (Wildman–Crippen MR) is 74.6 cm³/mol. The number of nitrogens with zero attached hydrogens (tertiary/aromatic N) is 1. The van der Waals surface area contributed by atoms with Gasteiger partial charge >= 0.3 is 66.7 Å². The molecule has 0 amide bonds. The third-order valence-electron chi connectivity index (χ3n) is 2.43. The first kappa shape index (κ1) is 23.9. The second-order valence-electron chi connectivity index (χ2n) is 4.04. The molecule has 1 aromatic heterocycles. The van der Waals surface area contributed by atoms with Crippen LogP contribution in [0.15, 0.2) is 36.5 Å². The summed E-state index contributed by atoms with van der Waals surface area (Å²) in [6.07, 6.45) is 1.42. The molecule has 0 saturated carbocycles. The molecule has 2 rings (SSSR count). The van der Waals surface area contributed by atoms with E-state index in [4.69, 9.17) is 9.79 Å². The standard InChI is InChI=1S/C10H12N2O6P2S.2Na/c13-19(14,15)10(20(16,17)18)12-9-11-6-8(21-9)7-4-2-1-3-5-7;;/h1-6,10H,(H,11,12)(H2,13,14,15)(H2,16,17,18);;/q;2*+1/p-2. The third-order valence-corrected chi connectivity index (χ3v) is 6.66. The average Bonchev–Trinajstić information content (AvgIpc) is 2.83. The Kier molecular flexibility index (Phi) is 9.99. The molecule has 114 valence electrons. The van der Waals surface area contributed by atoms with Crippen LogP contribution in [0.25, 0.3) is 10.4 Å². The number of hydrogen-bond donors (Lipinski definition) is 3. The molecule has 0 fully saturated rings. The maximum Gasteiger partial charge on any atom is 1.00 e. The Bertz CT molecular complexity index is 697. The summed E-state index contributed by atoms with van der Waals surface area (Å²) >= 11 is 0.982. The molecule has 1 aromatic carbocycles. The summed E-state index contributed by atoms with van der Waals surface area (Å²) in [5.41, 5.74) is -1.72. The molecule has 2 aromatic rings. The summed E-state index contributed by atoms with van der Waals surface area (Å²) in [5.74, 6) is 0. The Morgan fingerprint density at radius 3 is 2.17 bits per heavy atom. The smallest absolute Gasteiger partial charge is 0.809 e. The fraction of sp³-hybridized carbons (Fsp3) is 0.100. The molecular formula is C10H10N2Na2O6P2S. The van der Waals surface area contributed by atoms with Gasteiger partial charge in [0.25, 0.3) is 0 Å². The first-order chi connectivity index (χ1) is 9.68. The number of nitrogens with one attached hydrogen (secondary N) is 1. The number of rotatable bonds is 5. The quantitative estimate of drug-likeness (QED) is 0.337. The fourth-order valence-electron chi connectivity index (χ4n) is 1.53. The maximum absolute atomic E-state index is 11.1. The number of benzene rings is 1. The monoisotopic (exact) mass is 394 g/mol. The Hall–Kier alpha value is 0.950. The summed E-state index contributed by atoms with van der Waals surface area (Å²) in [5, 5.41) is 1.94. The Morgan fingerprint density at radius 1 is 1.13 bits per heavy atom. The summed E-state index contributed by atoms with van der Waals surface area (Å²) in [7, 11) is -10.7. The van der Waals surface area contributed by atoms with E-state index in [0.29, 0.717) is 4.88 Å². The van der Waals surface area contributed by atoms with E-state index in [1.165, 1.54) is 6.20 Å². The van der Waals surface area contributed by atoms with Gasteiger partial charge in [0, 0.05) is 6.20 Å². The van der Waals surface area contributed by atoms with Crippen molar-refractivity contribution in [2.24, 2.45) is 0 Å². The Morgan fingerprint density at radius 2 is 1.70 bits per heavy atom. The second-order valence-corrected chi connectivity index (χ2v) is 8.77. The van der Waals surface area contributed by atoms with Gasteiger partial charge in [0.15, 0.2) is 10.7 Å². The minimum Gasteiger partial charge on any atom is -0.809 e. The van der Waals surface area contributed by atoms with Crippen molar-refractivity contribution < 1.29 is 87.8 Å². The van der Waals surface area contributed by atoms with Gasteiger partial charge in [0.05, 0.1) is 4.88 Å². The van der Waals surface area contributed by atoms with Gasteiger partial charge in [-0.05, 0) is 13.2 Å². The molecule has 0 aliphatic heterocycles. The van der Waals surface area contributed by atoms with Gasteiger partial charge in [-0.3, -0.25) is 4.57 Å². The largest absolute Gasteiger partial charge is 1.00 e. The average molecular weight is 394 g/mol. The zero-order valence-corrected chi connectivity index (χ0v) is 18.9. The maximum atomic E-state index is 11.1. The topological polar surface area (TPSA) is 146 Å². The van der Waals surface area contributed by atoms with Crippen molar-refractivity contribution in [3.63, 3.8) is 0 Å². The first-order valence-electron chi connectivity index (χ1n) is 5.52. The second kappa shape index (κ2) is 9.59. The number of aromatic nitrogens is 1. The van der Waals surface area contributed by atoms with Crippen molar-refractivity contribution in [1.82, 2.24) is 4.98 Å². The summed E-state index contributed by atoms with van der Waals surface area (Å²) < 4.78 is 22.0. The van der Waals surface area contributed by atoms with Crippen molar-refractivity contribution in [1.29, 1.82) is 0 Å². The van der Waals surface area contributed by atoms with Crippen molar-refractivity contribution in [3.8, 4) is 10.4 Å². The molecule has 3 N–H and O–H groups in total. The van der Waals surface area contributed by atoms with E-state index in [0.717, 1.165) is 16.9 Å². The fourth-order valence-corrected chi connectivity index (χ4v) is 4.60. The minimum atomic E-state index is -5.53. The van der Waals surface area contributed by atoms with Crippen molar-refractivity contribution >= 4 is 31.7 Å². The third kappa shape index (κ3) is 6.99. The van der Waals surface area contributed by atoms with E-state index in [1.54, 1.807) is 24.3 Å². The molecule has 0 saturated heterocycles. The van der Waals surface area contributed by atoms with Crippen LogP contribution < -0.4 is 74.2 Å². The Balaban J connectivity index is 0.00000242. The molecule has 1 unspecified atom stereocenters. The van der Waals surface area contributed by atoms with Crippen LogP contribution in [-0.2, 0) is 9.13 Å². The van der Waals surface area contributed by atoms with Crippen LogP contribution in [0.4, 0.5) is 5.13 Å². The van der Waals surface area contributed by atoms with Gasteiger partial charge in [-0.1, -0.05) is 41.7 Å². The van der Waals surface area contributed by atoms with Crippen molar-refractivity contribution in [2.45, 2.75) is 5.52 Å². The molecule has 0 bridgehead atoms. The number of thiazole rings is 1. The normalized spacial score (nSPS) is 12.7. The molecule has 23 heavy (non-hydrogen) atoms. The van der Waals surface area contributed by atoms with Crippen molar-refractivity contribution in [3.05, 3.63) is 36.5 Å². The van der Waals surface area contributed by atoms with Gasteiger partial charge in [0.2, 0.25) is 0 Å². The number of hydrogen-bond acceptors (Lipinski definition) is 7. The van der Waals surface area contributed by atoms with Crippen LogP contribution in [0, 0.1) is 0 Å². The van der Waals surface area contributed by atoms with Crippen LogP contribution in [0.5, 0.6) is 0 Å². The molecule has 0 spiro atoms. The van der Waals surface area contributed by atoms with E-state index in [-0.39, 0.29) is 64.2 Å². The van der Waals surface area contributed by atoms with E-state index >= 15 is 0 Å². The van der Waals surface area contributed by atoms with E-state index in [9.17, 15) is 18.9 Å². The molecule has 1 heterocycles. The Labute approximate surface area is 180 Å². The molecule has 13 heteroatoms. The van der Waals surface area contributed by atoms with Crippen LogP contribution in [0.2, 0.25) is 0 Å². The minimum absolute atomic E-state index is 0.